The van der Waals surface area contributed by atoms with E-state index in [0.717, 1.165) is 6.26 Å². The van der Waals surface area contributed by atoms with E-state index in [1.54, 1.807) is 0 Å². The highest BCUT2D eigenvalue weighted by Gasteiger charge is 2.10. The molecule has 82 valence electrons. The van der Waals surface area contributed by atoms with Gasteiger partial charge in [-0.3, -0.25) is 4.79 Å². The molecule has 0 heterocycles. The summed E-state index contributed by atoms with van der Waals surface area (Å²) in [6.45, 7) is 0. The molecule has 1 amide bonds. The highest BCUT2D eigenvalue weighted by atomic mass is 35.5. The minimum atomic E-state index is -3.20. The van der Waals surface area contributed by atoms with E-state index in [-0.39, 0.29) is 4.90 Å². The predicted octanol–water partition coefficient (Wildman–Crippen LogP) is 1.89. The van der Waals surface area contributed by atoms with Crippen molar-refractivity contribution in [2.45, 2.75) is 4.90 Å². The second-order valence-corrected chi connectivity index (χ2v) is 5.42. The number of anilines is 1. The van der Waals surface area contributed by atoms with Crippen molar-refractivity contribution >= 4 is 32.5 Å². The van der Waals surface area contributed by atoms with Gasteiger partial charge in [0, 0.05) is 19.0 Å². The van der Waals surface area contributed by atoms with Gasteiger partial charge in [-0.25, -0.2) is 8.42 Å². The van der Waals surface area contributed by atoms with Crippen LogP contribution in [0.5, 0.6) is 0 Å². The molecule has 4 nitrogen and oxygen atoms in total. The molecule has 0 unspecified atom stereocenters. The van der Waals surface area contributed by atoms with Crippen molar-refractivity contribution in [1.29, 1.82) is 0 Å². The fraction of sp³-hybridized carbons (Fsp3) is 0.222. The summed E-state index contributed by atoms with van der Waals surface area (Å²) in [5, 5.41) is -0.623. The molecular formula is C9H10ClNO3S. The van der Waals surface area contributed by atoms with Crippen LogP contribution < -0.4 is 4.90 Å². The van der Waals surface area contributed by atoms with Crippen LogP contribution in [-0.4, -0.2) is 27.1 Å². The number of carbonyl (C=O) groups excluding carboxylic acids is 1. The van der Waals surface area contributed by atoms with Gasteiger partial charge < -0.3 is 4.90 Å². The number of rotatable bonds is 2. The average Bonchev–Trinajstić information content (AvgIpc) is 2.15. The maximum atomic E-state index is 11.1. The molecule has 1 aromatic carbocycles. The highest BCUT2D eigenvalue weighted by Crippen LogP contribution is 2.17. The van der Waals surface area contributed by atoms with Crippen molar-refractivity contribution in [3.05, 3.63) is 24.3 Å². The molecule has 1 rings (SSSR count). The number of benzene rings is 1. The minimum absolute atomic E-state index is 0.210. The van der Waals surface area contributed by atoms with Crippen LogP contribution in [0.1, 0.15) is 0 Å². The molecule has 0 N–H and O–H groups in total. The van der Waals surface area contributed by atoms with Crippen LogP contribution in [0, 0.1) is 0 Å². The first-order valence-corrected chi connectivity index (χ1v) is 6.32. The normalized spacial score (nSPS) is 11.1. The summed E-state index contributed by atoms with van der Waals surface area (Å²) in [6, 6.07) is 5.91. The molecule has 1 aromatic rings. The Morgan fingerprint density at radius 1 is 1.27 bits per heavy atom. The van der Waals surface area contributed by atoms with Gasteiger partial charge in [0.25, 0.3) is 0 Å². The van der Waals surface area contributed by atoms with Crippen molar-refractivity contribution < 1.29 is 13.2 Å². The molecule has 0 fully saturated rings. The molecule has 0 aliphatic heterocycles. The Morgan fingerprint density at radius 3 is 2.07 bits per heavy atom. The van der Waals surface area contributed by atoms with Gasteiger partial charge in [0.15, 0.2) is 9.84 Å². The molecule has 0 aliphatic rings. The first-order valence-electron chi connectivity index (χ1n) is 4.05. The third-order valence-corrected chi connectivity index (χ3v) is 3.30. The molecular weight excluding hydrogens is 238 g/mol. The summed E-state index contributed by atoms with van der Waals surface area (Å²) in [6.07, 6.45) is 1.12. The van der Waals surface area contributed by atoms with E-state index >= 15 is 0 Å². The van der Waals surface area contributed by atoms with E-state index in [4.69, 9.17) is 11.6 Å². The second kappa shape index (κ2) is 4.20. The summed E-state index contributed by atoms with van der Waals surface area (Å²) in [4.78, 5) is 12.2. The van der Waals surface area contributed by atoms with Crippen molar-refractivity contribution in [3.63, 3.8) is 0 Å². The fourth-order valence-corrected chi connectivity index (χ4v) is 1.75. The molecule has 0 saturated carbocycles. The lowest BCUT2D eigenvalue weighted by Crippen LogP contribution is -2.19. The summed E-state index contributed by atoms with van der Waals surface area (Å²) in [5.41, 5.74) is 0.544. The van der Waals surface area contributed by atoms with Crippen LogP contribution in [0.2, 0.25) is 0 Å². The molecule has 0 aliphatic carbocycles. The van der Waals surface area contributed by atoms with Crippen molar-refractivity contribution in [3.8, 4) is 0 Å². The van der Waals surface area contributed by atoms with Gasteiger partial charge in [-0.05, 0) is 35.9 Å². The van der Waals surface area contributed by atoms with E-state index in [1.807, 2.05) is 0 Å². The summed E-state index contributed by atoms with van der Waals surface area (Å²) >= 11 is 5.26. The molecule has 6 heteroatoms. The van der Waals surface area contributed by atoms with Crippen molar-refractivity contribution in [1.82, 2.24) is 0 Å². The topological polar surface area (TPSA) is 54.5 Å². The maximum Gasteiger partial charge on any atom is 0.320 e. The SMILES string of the molecule is CN(C(=O)Cl)c1ccc(S(C)(=O)=O)cc1. The number of halogens is 1. The van der Waals surface area contributed by atoms with E-state index in [9.17, 15) is 13.2 Å². The zero-order valence-electron chi connectivity index (χ0n) is 8.27. The van der Waals surface area contributed by atoms with Gasteiger partial charge >= 0.3 is 5.37 Å². The molecule has 0 aromatic heterocycles. The standard InChI is InChI=1S/C9H10ClNO3S/c1-11(9(10)12)7-3-5-8(6-4-7)15(2,13)14/h3-6H,1-2H3. The Hall–Kier alpha value is -1.07. The van der Waals surface area contributed by atoms with Gasteiger partial charge in [0.1, 0.15) is 0 Å². The third-order valence-electron chi connectivity index (χ3n) is 1.92. The first kappa shape index (κ1) is 12.0. The molecule has 0 saturated heterocycles. The van der Waals surface area contributed by atoms with Crippen LogP contribution >= 0.6 is 11.6 Å². The molecule has 15 heavy (non-hydrogen) atoms. The second-order valence-electron chi connectivity index (χ2n) is 3.08. The van der Waals surface area contributed by atoms with Crippen molar-refractivity contribution in [2.24, 2.45) is 0 Å². The maximum absolute atomic E-state index is 11.1. The van der Waals surface area contributed by atoms with Gasteiger partial charge in [0.05, 0.1) is 4.90 Å². The van der Waals surface area contributed by atoms with Crippen LogP contribution in [0.4, 0.5) is 10.5 Å². The van der Waals surface area contributed by atoms with Crippen LogP contribution in [0.3, 0.4) is 0 Å². The van der Waals surface area contributed by atoms with E-state index < -0.39 is 15.2 Å². The van der Waals surface area contributed by atoms with Crippen LogP contribution in [0.15, 0.2) is 29.2 Å². The Kier molecular flexibility index (Phi) is 3.36. The Balaban J connectivity index is 3.06. The number of sulfone groups is 1. The lowest BCUT2D eigenvalue weighted by atomic mass is 10.3. The van der Waals surface area contributed by atoms with Gasteiger partial charge in [-0.2, -0.15) is 0 Å². The summed E-state index contributed by atoms with van der Waals surface area (Å²) in [5.74, 6) is 0. The number of carbonyl (C=O) groups is 1. The lowest BCUT2D eigenvalue weighted by Gasteiger charge is -2.13. The van der Waals surface area contributed by atoms with E-state index in [1.165, 1.54) is 36.2 Å². The zero-order valence-corrected chi connectivity index (χ0v) is 9.84. The highest BCUT2D eigenvalue weighted by molar-refractivity contribution is 7.90. The monoisotopic (exact) mass is 247 g/mol. The Labute approximate surface area is 93.4 Å². The number of hydrogen-bond acceptors (Lipinski definition) is 3. The number of amides is 1. The summed E-state index contributed by atoms with van der Waals surface area (Å²) in [7, 11) is -1.70. The number of hydrogen-bond donors (Lipinski definition) is 0. The molecule has 0 bridgehead atoms. The largest absolute Gasteiger partial charge is 0.320 e. The summed E-state index contributed by atoms with van der Waals surface area (Å²) < 4.78 is 22.3. The molecule has 0 radical (unpaired) electrons. The predicted molar refractivity (Wildman–Crippen MR) is 59.2 cm³/mol. The lowest BCUT2D eigenvalue weighted by molar-refractivity contribution is 0.265. The molecule has 0 spiro atoms. The zero-order chi connectivity index (χ0) is 11.6. The number of nitrogens with zero attached hydrogens (tertiary/aromatic N) is 1. The fourth-order valence-electron chi connectivity index (χ4n) is 1.02. The Bertz CT molecular complexity index is 467. The first-order chi connectivity index (χ1) is 6.82. The smallest absolute Gasteiger partial charge is 0.302 e. The van der Waals surface area contributed by atoms with Gasteiger partial charge in [0.2, 0.25) is 0 Å². The van der Waals surface area contributed by atoms with Crippen molar-refractivity contribution in [2.75, 3.05) is 18.2 Å². The van der Waals surface area contributed by atoms with E-state index in [2.05, 4.69) is 0 Å². The Morgan fingerprint density at radius 2 is 1.73 bits per heavy atom. The van der Waals surface area contributed by atoms with Gasteiger partial charge in [-0.1, -0.05) is 0 Å². The average molecular weight is 248 g/mol. The third kappa shape index (κ3) is 2.94. The minimum Gasteiger partial charge on any atom is -0.302 e. The van der Waals surface area contributed by atoms with Gasteiger partial charge in [-0.15, -0.1) is 0 Å². The van der Waals surface area contributed by atoms with Crippen LogP contribution in [0.25, 0.3) is 0 Å². The van der Waals surface area contributed by atoms with E-state index in [0.29, 0.717) is 5.69 Å². The molecule has 0 atom stereocenters. The van der Waals surface area contributed by atoms with Crippen LogP contribution in [-0.2, 0) is 9.84 Å². The quantitative estimate of drug-likeness (QED) is 0.592.